The maximum atomic E-state index is 12.6. The fourth-order valence-electron chi connectivity index (χ4n) is 7.53. The fraction of sp³-hybridized carbons (Fsp3) is 0.484. The van der Waals surface area contributed by atoms with Crippen LogP contribution in [0.2, 0.25) is 0 Å². The Bertz CT molecular complexity index is 1500. The molecule has 0 aliphatic carbocycles. The quantitative estimate of drug-likeness (QED) is 0.276. The zero-order chi connectivity index (χ0) is 30.0. The predicted octanol–water partition coefficient (Wildman–Crippen LogP) is 2.56. The molecule has 4 heterocycles. The number of esters is 1. The molecule has 6 rings (SSSR count). The van der Waals surface area contributed by atoms with Crippen molar-refractivity contribution in [3.63, 3.8) is 0 Å². The van der Waals surface area contributed by atoms with Gasteiger partial charge in [-0.1, -0.05) is 12.1 Å². The van der Waals surface area contributed by atoms with E-state index < -0.39 is 18.2 Å². The van der Waals surface area contributed by atoms with Crippen LogP contribution in [0.25, 0.3) is 0 Å². The monoisotopic (exact) mass is 579 g/mol. The number of nitrogens with zero attached hydrogens (tertiary/aromatic N) is 2. The van der Waals surface area contributed by atoms with E-state index in [0.29, 0.717) is 47.0 Å². The smallest absolute Gasteiger partial charge is 0.308 e. The predicted molar refractivity (Wildman–Crippen MR) is 152 cm³/mol. The molecule has 3 N–H and O–H groups in total. The molecular formula is C31H37N3O8. The molecule has 42 heavy (non-hydrogen) atoms. The molecule has 11 nitrogen and oxygen atoms in total. The number of phenols is 1. The molecule has 2 aromatic carbocycles. The number of aryl methyl sites for hydroxylation is 1. The van der Waals surface area contributed by atoms with Crippen molar-refractivity contribution < 1.29 is 38.7 Å². The summed E-state index contributed by atoms with van der Waals surface area (Å²) >= 11 is 0. The van der Waals surface area contributed by atoms with Gasteiger partial charge < -0.3 is 34.5 Å². The Balaban J connectivity index is 1.58. The van der Waals surface area contributed by atoms with Crippen LogP contribution in [-0.4, -0.2) is 77.7 Å². The second-order valence-corrected chi connectivity index (χ2v) is 11.4. The molecule has 1 saturated heterocycles. The lowest BCUT2D eigenvalue weighted by atomic mass is 9.73. The molecule has 0 spiro atoms. The van der Waals surface area contributed by atoms with Crippen LogP contribution in [-0.2, 0) is 22.4 Å². The van der Waals surface area contributed by atoms with Gasteiger partial charge in [0, 0.05) is 41.8 Å². The number of phenolic OH excluding ortho intramolecular Hbond substituents is 1. The molecule has 11 heteroatoms. The number of likely N-dealkylation sites (N-methyl/N-ethyl adjacent to an activating group) is 1. The number of aliphatic hydroxyl groups excluding tert-OH is 1. The highest BCUT2D eigenvalue weighted by Crippen LogP contribution is 2.58. The molecule has 224 valence electrons. The Labute approximate surface area is 244 Å². The summed E-state index contributed by atoms with van der Waals surface area (Å²) in [6.45, 7) is 7.00. The molecule has 1 fully saturated rings. The average molecular weight is 580 g/mol. The third-order valence-electron chi connectivity index (χ3n) is 9.13. The lowest BCUT2D eigenvalue weighted by Gasteiger charge is -2.60. The van der Waals surface area contributed by atoms with Crippen LogP contribution in [0.1, 0.15) is 59.3 Å². The van der Waals surface area contributed by atoms with Gasteiger partial charge in [-0.3, -0.25) is 19.4 Å². The number of piperazine rings is 1. The van der Waals surface area contributed by atoms with Crippen molar-refractivity contribution >= 4 is 11.9 Å². The maximum absolute atomic E-state index is 12.6. The van der Waals surface area contributed by atoms with Crippen molar-refractivity contribution in [2.75, 3.05) is 27.5 Å². The first-order valence-corrected chi connectivity index (χ1v) is 14.2. The number of amides is 1. The van der Waals surface area contributed by atoms with E-state index in [1.807, 2.05) is 31.9 Å². The number of rotatable bonds is 5. The third kappa shape index (κ3) is 4.13. The van der Waals surface area contributed by atoms with Crippen LogP contribution in [0.15, 0.2) is 18.2 Å². The van der Waals surface area contributed by atoms with Crippen molar-refractivity contribution in [1.29, 1.82) is 0 Å². The zero-order valence-corrected chi connectivity index (χ0v) is 24.7. The van der Waals surface area contributed by atoms with Gasteiger partial charge in [0.25, 0.3) is 0 Å². The summed E-state index contributed by atoms with van der Waals surface area (Å²) in [5.41, 5.74) is 4.65. The molecule has 1 amide bonds. The standard InChI is InChI=1S/C31H37N3O8/c1-7-8-22(36)32-12-21-24-18(28(42-16(4)35)15(3)29-30(24)41-13-40-29)11-19-25-23-17(9-14(2)27(39-6)26(23)37)10-20(33(25)5)31(38)34(19)21/h7-9,19-21,25,31,37-38H,10-13H2,1-6H3,(H,32,36)/b8-7+/t19?,20-,21+,25+,31+/m1/s1. The van der Waals surface area contributed by atoms with E-state index in [9.17, 15) is 19.8 Å². The molecule has 0 radical (unpaired) electrons. The number of fused-ring (bicyclic) bond motifs is 9. The Morgan fingerprint density at radius 2 is 1.88 bits per heavy atom. The normalized spacial score (nSPS) is 25.9. The highest BCUT2D eigenvalue weighted by molar-refractivity contribution is 5.87. The lowest BCUT2D eigenvalue weighted by Crippen LogP contribution is -2.69. The Morgan fingerprint density at radius 1 is 1.14 bits per heavy atom. The average Bonchev–Trinajstić information content (AvgIpc) is 3.43. The van der Waals surface area contributed by atoms with Gasteiger partial charge in [-0.05, 0) is 57.9 Å². The van der Waals surface area contributed by atoms with Gasteiger partial charge in [-0.2, -0.15) is 0 Å². The van der Waals surface area contributed by atoms with E-state index in [0.717, 1.165) is 22.3 Å². The first-order chi connectivity index (χ1) is 20.1. The molecule has 2 bridgehead atoms. The van der Waals surface area contributed by atoms with Gasteiger partial charge in [0.2, 0.25) is 12.7 Å². The van der Waals surface area contributed by atoms with Crippen LogP contribution < -0.4 is 24.3 Å². The Kier molecular flexibility index (Phi) is 7.07. The van der Waals surface area contributed by atoms with Crippen molar-refractivity contribution in [3.05, 3.63) is 51.6 Å². The van der Waals surface area contributed by atoms with Gasteiger partial charge in [0.15, 0.2) is 23.0 Å². The maximum Gasteiger partial charge on any atom is 0.308 e. The minimum Gasteiger partial charge on any atom is -0.504 e. The van der Waals surface area contributed by atoms with E-state index in [2.05, 4.69) is 10.2 Å². The van der Waals surface area contributed by atoms with Gasteiger partial charge >= 0.3 is 5.97 Å². The van der Waals surface area contributed by atoms with Crippen molar-refractivity contribution in [1.82, 2.24) is 15.1 Å². The summed E-state index contributed by atoms with van der Waals surface area (Å²) in [5, 5.41) is 26.6. The fourth-order valence-corrected chi connectivity index (χ4v) is 7.53. The van der Waals surface area contributed by atoms with Crippen molar-refractivity contribution in [3.8, 4) is 28.7 Å². The Hall–Kier alpha value is -3.80. The molecular weight excluding hydrogens is 542 g/mol. The van der Waals surface area contributed by atoms with Gasteiger partial charge in [0.05, 0.1) is 25.2 Å². The summed E-state index contributed by atoms with van der Waals surface area (Å²) in [7, 11) is 3.50. The van der Waals surface area contributed by atoms with E-state index in [1.54, 1.807) is 13.0 Å². The first-order valence-electron chi connectivity index (χ1n) is 14.2. The second-order valence-electron chi connectivity index (χ2n) is 11.4. The van der Waals surface area contributed by atoms with Crippen LogP contribution in [0.3, 0.4) is 0 Å². The number of carbonyl (C=O) groups excluding carboxylic acids is 2. The topological polar surface area (TPSA) is 130 Å². The lowest BCUT2D eigenvalue weighted by molar-refractivity contribution is -0.172. The summed E-state index contributed by atoms with van der Waals surface area (Å²) in [6.07, 6.45) is 3.08. The Morgan fingerprint density at radius 3 is 2.57 bits per heavy atom. The van der Waals surface area contributed by atoms with Crippen LogP contribution in [0, 0.1) is 13.8 Å². The number of benzene rings is 2. The van der Waals surface area contributed by atoms with Crippen molar-refractivity contribution in [2.24, 2.45) is 0 Å². The number of methoxy groups -OCH3 is 1. The second kappa shape index (κ2) is 10.5. The van der Waals surface area contributed by atoms with Gasteiger partial charge in [-0.15, -0.1) is 0 Å². The number of carbonyl (C=O) groups is 2. The number of hydrogen-bond donors (Lipinski definition) is 3. The van der Waals surface area contributed by atoms with Gasteiger partial charge in [0.1, 0.15) is 12.0 Å². The minimum absolute atomic E-state index is 0.00412. The molecule has 5 atom stereocenters. The minimum atomic E-state index is -0.915. The molecule has 4 aliphatic heterocycles. The highest BCUT2D eigenvalue weighted by Gasteiger charge is 2.56. The summed E-state index contributed by atoms with van der Waals surface area (Å²) in [6, 6.07) is 0.479. The summed E-state index contributed by atoms with van der Waals surface area (Å²) in [5.74, 6) is 1.18. The number of nitrogens with one attached hydrogen (secondary N) is 1. The van der Waals surface area contributed by atoms with E-state index in [4.69, 9.17) is 18.9 Å². The van der Waals surface area contributed by atoms with Crippen LogP contribution in [0.5, 0.6) is 28.7 Å². The molecule has 1 unspecified atom stereocenters. The largest absolute Gasteiger partial charge is 0.504 e. The number of ether oxygens (including phenoxy) is 4. The SMILES string of the molecule is C/C=C/C(=O)NC[C@H]1c2c(c(OC(C)=O)c(C)c3c2OCO3)CC2[C@H]3c4c(cc(C)c(OC)c4O)C[C@H]([C@H](O)N21)N3C. The van der Waals surface area contributed by atoms with E-state index in [-0.39, 0.29) is 43.1 Å². The molecule has 2 aromatic rings. The molecule has 4 aliphatic rings. The number of aliphatic hydroxyl groups is 1. The zero-order valence-electron chi connectivity index (χ0n) is 24.7. The van der Waals surface area contributed by atoms with E-state index in [1.165, 1.54) is 20.1 Å². The van der Waals surface area contributed by atoms with Crippen molar-refractivity contribution in [2.45, 2.75) is 70.9 Å². The summed E-state index contributed by atoms with van der Waals surface area (Å²) < 4.78 is 23.3. The highest BCUT2D eigenvalue weighted by atomic mass is 16.7. The van der Waals surface area contributed by atoms with Crippen LogP contribution in [0.4, 0.5) is 0 Å². The van der Waals surface area contributed by atoms with Crippen LogP contribution >= 0.6 is 0 Å². The molecule has 0 saturated carbocycles. The molecule has 0 aromatic heterocycles. The third-order valence-corrected chi connectivity index (χ3v) is 9.13. The first kappa shape index (κ1) is 28.3. The summed E-state index contributed by atoms with van der Waals surface area (Å²) in [4.78, 5) is 29.1. The number of hydrogen-bond acceptors (Lipinski definition) is 10. The van der Waals surface area contributed by atoms with E-state index >= 15 is 0 Å². The van der Waals surface area contributed by atoms with Gasteiger partial charge in [-0.25, -0.2) is 0 Å². The number of aromatic hydroxyl groups is 1. The number of allylic oxidation sites excluding steroid dienone is 1.